The third-order valence-corrected chi connectivity index (χ3v) is 7.78. The van der Waals surface area contributed by atoms with Gasteiger partial charge in [-0.1, -0.05) is 24.4 Å². The minimum Gasteiger partial charge on any atom is -0.408 e. The van der Waals surface area contributed by atoms with E-state index in [2.05, 4.69) is 5.10 Å². The van der Waals surface area contributed by atoms with Crippen LogP contribution in [0.25, 0.3) is 11.1 Å². The lowest BCUT2D eigenvalue weighted by Gasteiger charge is -2.28. The number of hydrogen-bond acceptors (Lipinski definition) is 5. The zero-order valence-corrected chi connectivity index (χ0v) is 17.9. The molecule has 4 rings (SSSR count). The van der Waals surface area contributed by atoms with Crippen molar-refractivity contribution in [2.75, 3.05) is 6.54 Å². The van der Waals surface area contributed by atoms with Gasteiger partial charge in [0.05, 0.1) is 22.3 Å². The Balaban J connectivity index is 1.83. The van der Waals surface area contributed by atoms with Crippen LogP contribution in [0.15, 0.2) is 38.5 Å². The first-order valence-corrected chi connectivity index (χ1v) is 11.5. The third-order valence-electron chi connectivity index (χ3n) is 5.40. The smallest absolute Gasteiger partial charge is 0.408 e. The Kier molecular flexibility index (Phi) is 5.30. The molecule has 1 fully saturated rings. The molecule has 8 nitrogen and oxygen atoms in total. The molecule has 29 heavy (non-hydrogen) atoms. The molecule has 1 saturated heterocycles. The van der Waals surface area contributed by atoms with Crippen molar-refractivity contribution in [1.82, 2.24) is 18.7 Å². The summed E-state index contributed by atoms with van der Waals surface area (Å²) in [6, 6.07) is 4.35. The van der Waals surface area contributed by atoms with Gasteiger partial charge in [-0.2, -0.15) is 9.40 Å². The predicted octanol–water partition coefficient (Wildman–Crippen LogP) is 3.31. The number of hydrogen-bond donors (Lipinski definition) is 0. The van der Waals surface area contributed by atoms with Crippen molar-refractivity contribution >= 4 is 32.7 Å². The molecule has 2 aromatic heterocycles. The van der Waals surface area contributed by atoms with Gasteiger partial charge in [0.2, 0.25) is 10.0 Å². The zero-order valence-electron chi connectivity index (χ0n) is 16.3. The minimum atomic E-state index is -3.93. The van der Waals surface area contributed by atoms with Crippen LogP contribution >= 0.6 is 11.6 Å². The summed E-state index contributed by atoms with van der Waals surface area (Å²) in [7, 11) is -2.12. The van der Waals surface area contributed by atoms with Gasteiger partial charge in [0, 0.05) is 32.4 Å². The van der Waals surface area contributed by atoms with Crippen molar-refractivity contribution in [2.45, 2.75) is 50.1 Å². The molecule has 0 saturated carbocycles. The maximum Gasteiger partial charge on any atom is 0.419 e. The molecule has 0 bridgehead atoms. The highest BCUT2D eigenvalue weighted by molar-refractivity contribution is 7.89. The summed E-state index contributed by atoms with van der Waals surface area (Å²) in [4.78, 5) is 12.0. The average Bonchev–Trinajstić information content (AvgIpc) is 3.12. The Morgan fingerprint density at radius 2 is 2.07 bits per heavy atom. The van der Waals surface area contributed by atoms with Crippen molar-refractivity contribution < 1.29 is 12.8 Å². The molecule has 0 spiro atoms. The first-order chi connectivity index (χ1) is 13.8. The Labute approximate surface area is 173 Å². The Morgan fingerprint density at radius 1 is 1.28 bits per heavy atom. The standard InChI is InChI=1S/C19H23ClN4O4S/c1-3-23-16-11-13(20)18(12-17(16)28-19(23)25)29(26,27)24-9-6-4-5-7-15(24)14-8-10-22(2)21-14/h8,10-12,15H,3-7,9H2,1-2H3. The van der Waals surface area contributed by atoms with Crippen LogP contribution in [0, 0.1) is 0 Å². The summed E-state index contributed by atoms with van der Waals surface area (Å²) in [5, 5.41) is 4.52. The Hall–Kier alpha value is -2.10. The summed E-state index contributed by atoms with van der Waals surface area (Å²) in [6.45, 7) is 2.60. The summed E-state index contributed by atoms with van der Waals surface area (Å²) in [6.07, 6.45) is 5.15. The average molecular weight is 439 g/mol. The van der Waals surface area contributed by atoms with E-state index >= 15 is 0 Å². The normalized spacial score (nSPS) is 18.9. The van der Waals surface area contributed by atoms with E-state index in [-0.39, 0.29) is 21.5 Å². The SMILES string of the molecule is CCn1c(=O)oc2cc(S(=O)(=O)N3CCCCCC3c3ccn(C)n3)c(Cl)cc21. The molecule has 1 aromatic carbocycles. The van der Waals surface area contributed by atoms with Crippen LogP contribution < -0.4 is 5.76 Å². The van der Waals surface area contributed by atoms with Gasteiger partial charge in [0.25, 0.3) is 0 Å². The molecular weight excluding hydrogens is 416 g/mol. The highest BCUT2D eigenvalue weighted by Gasteiger charge is 2.36. The van der Waals surface area contributed by atoms with Gasteiger partial charge in [-0.25, -0.2) is 13.2 Å². The maximum atomic E-state index is 13.6. The van der Waals surface area contributed by atoms with Crippen LogP contribution in [0.5, 0.6) is 0 Å². The summed E-state index contributed by atoms with van der Waals surface area (Å²) < 4.78 is 37.1. The van der Waals surface area contributed by atoms with Crippen molar-refractivity contribution in [3.05, 3.63) is 45.7 Å². The van der Waals surface area contributed by atoms with Crippen LogP contribution in [-0.4, -0.2) is 33.6 Å². The van der Waals surface area contributed by atoms with Gasteiger partial charge >= 0.3 is 5.76 Å². The highest BCUT2D eigenvalue weighted by Crippen LogP contribution is 2.37. The number of rotatable bonds is 4. The van der Waals surface area contributed by atoms with Crippen LogP contribution in [0.3, 0.4) is 0 Å². The van der Waals surface area contributed by atoms with Crippen molar-refractivity contribution in [2.24, 2.45) is 7.05 Å². The molecular formula is C19H23ClN4O4S. The fourth-order valence-electron chi connectivity index (χ4n) is 3.96. The number of fused-ring (bicyclic) bond motifs is 1. The number of sulfonamides is 1. The van der Waals surface area contributed by atoms with E-state index in [1.807, 2.05) is 26.2 Å². The first-order valence-electron chi connectivity index (χ1n) is 9.67. The van der Waals surface area contributed by atoms with Crippen LogP contribution in [0.1, 0.15) is 44.3 Å². The lowest BCUT2D eigenvalue weighted by Crippen LogP contribution is -2.35. The molecule has 1 aliphatic rings. The molecule has 1 atom stereocenters. The number of benzene rings is 1. The number of aromatic nitrogens is 3. The Morgan fingerprint density at radius 3 is 2.76 bits per heavy atom. The maximum absolute atomic E-state index is 13.6. The molecule has 0 aliphatic carbocycles. The summed E-state index contributed by atoms with van der Waals surface area (Å²) in [5.74, 6) is -0.533. The van der Waals surface area contributed by atoms with E-state index in [0.717, 1.165) is 25.0 Å². The second-order valence-corrected chi connectivity index (χ2v) is 9.52. The van der Waals surface area contributed by atoms with E-state index in [4.69, 9.17) is 16.0 Å². The summed E-state index contributed by atoms with van der Waals surface area (Å²) in [5.41, 5.74) is 1.42. The molecule has 0 amide bonds. The highest BCUT2D eigenvalue weighted by atomic mass is 35.5. The quantitative estimate of drug-likeness (QED) is 0.623. The fraction of sp³-hybridized carbons (Fsp3) is 0.474. The number of halogens is 1. The lowest BCUT2D eigenvalue weighted by atomic mass is 10.1. The minimum absolute atomic E-state index is 0.0495. The number of aryl methyl sites for hydroxylation is 2. The van der Waals surface area contributed by atoms with E-state index in [1.54, 1.807) is 4.68 Å². The molecule has 1 unspecified atom stereocenters. The monoisotopic (exact) mass is 438 g/mol. The fourth-order valence-corrected chi connectivity index (χ4v) is 6.15. The molecule has 0 radical (unpaired) electrons. The van der Waals surface area contributed by atoms with Crippen LogP contribution in [-0.2, 0) is 23.6 Å². The molecule has 156 valence electrons. The molecule has 3 heterocycles. The van der Waals surface area contributed by atoms with E-state index in [9.17, 15) is 13.2 Å². The van der Waals surface area contributed by atoms with Crippen molar-refractivity contribution in [3.63, 3.8) is 0 Å². The zero-order chi connectivity index (χ0) is 20.8. The molecule has 10 heteroatoms. The topological polar surface area (TPSA) is 90.3 Å². The van der Waals surface area contributed by atoms with Gasteiger partial charge in [0.1, 0.15) is 4.90 Å². The summed E-state index contributed by atoms with van der Waals surface area (Å²) >= 11 is 6.40. The van der Waals surface area contributed by atoms with Gasteiger partial charge in [0.15, 0.2) is 5.58 Å². The van der Waals surface area contributed by atoms with Crippen LogP contribution in [0.4, 0.5) is 0 Å². The van der Waals surface area contributed by atoms with Gasteiger partial charge in [-0.15, -0.1) is 0 Å². The van der Waals surface area contributed by atoms with Gasteiger partial charge in [-0.05, 0) is 31.9 Å². The number of nitrogens with zero attached hydrogens (tertiary/aromatic N) is 4. The number of oxazole rings is 1. The van der Waals surface area contributed by atoms with E-state index < -0.39 is 15.8 Å². The van der Waals surface area contributed by atoms with Crippen molar-refractivity contribution in [3.8, 4) is 0 Å². The molecule has 3 aromatic rings. The van der Waals surface area contributed by atoms with Crippen LogP contribution in [0.2, 0.25) is 5.02 Å². The first kappa shape index (κ1) is 20.2. The second-order valence-electron chi connectivity index (χ2n) is 7.26. The molecule has 1 aliphatic heterocycles. The third kappa shape index (κ3) is 3.51. The largest absolute Gasteiger partial charge is 0.419 e. The van der Waals surface area contributed by atoms with Crippen molar-refractivity contribution in [1.29, 1.82) is 0 Å². The van der Waals surface area contributed by atoms with Gasteiger partial charge in [-0.3, -0.25) is 9.25 Å². The Bertz CT molecular complexity index is 1210. The van der Waals surface area contributed by atoms with Gasteiger partial charge < -0.3 is 4.42 Å². The predicted molar refractivity (Wildman–Crippen MR) is 109 cm³/mol. The molecule has 0 N–H and O–H groups in total. The van der Waals surface area contributed by atoms with E-state index in [1.165, 1.54) is 21.0 Å². The second kappa shape index (κ2) is 7.62. The van der Waals surface area contributed by atoms with E-state index in [0.29, 0.717) is 25.0 Å². The lowest BCUT2D eigenvalue weighted by molar-refractivity contribution is 0.321.